The van der Waals surface area contributed by atoms with E-state index in [4.69, 9.17) is 4.98 Å². The van der Waals surface area contributed by atoms with Gasteiger partial charge in [-0.2, -0.15) is 5.10 Å². The lowest BCUT2D eigenvalue weighted by molar-refractivity contribution is -0.120. The van der Waals surface area contributed by atoms with Crippen LogP contribution in [0, 0.1) is 5.92 Å². The number of nitrogens with one attached hydrogen (secondary N) is 3. The maximum Gasteiger partial charge on any atom is 0.227 e. The van der Waals surface area contributed by atoms with E-state index in [2.05, 4.69) is 50.6 Å². The number of imidazole rings is 1. The number of H-pyrrole nitrogens is 2. The predicted molar refractivity (Wildman–Crippen MR) is 139 cm³/mol. The fourth-order valence-corrected chi connectivity index (χ4v) is 5.05. The van der Waals surface area contributed by atoms with Gasteiger partial charge in [-0.3, -0.25) is 9.89 Å². The van der Waals surface area contributed by atoms with Crippen molar-refractivity contribution in [3.63, 3.8) is 0 Å². The summed E-state index contributed by atoms with van der Waals surface area (Å²) in [4.78, 5) is 25.6. The lowest BCUT2D eigenvalue weighted by Gasteiger charge is -2.21. The third-order valence-corrected chi connectivity index (χ3v) is 7.01. The van der Waals surface area contributed by atoms with Crippen LogP contribution in [0.1, 0.15) is 44.6 Å². The van der Waals surface area contributed by atoms with Crippen LogP contribution in [0.15, 0.2) is 54.7 Å². The number of fused-ring (bicyclic) bond motifs is 2. The molecule has 0 atom stereocenters. The molecule has 1 saturated carbocycles. The summed E-state index contributed by atoms with van der Waals surface area (Å²) in [5.41, 5.74) is 7.34. The SMILES string of the molecule is CCc1cc(NC(=O)C2CCCCC2)cc(-c2cnc3n[nH]c(-c4nc5ccccc5[nH]4)c3c2)c1. The smallest absolute Gasteiger partial charge is 0.227 e. The van der Waals surface area contributed by atoms with Gasteiger partial charge in [0.2, 0.25) is 5.91 Å². The van der Waals surface area contributed by atoms with Crippen molar-refractivity contribution in [2.45, 2.75) is 45.4 Å². The minimum absolute atomic E-state index is 0.118. The summed E-state index contributed by atoms with van der Waals surface area (Å²) in [7, 11) is 0. The summed E-state index contributed by atoms with van der Waals surface area (Å²) in [5, 5.41) is 11.6. The number of hydrogen-bond acceptors (Lipinski definition) is 4. The molecule has 1 aliphatic rings. The number of aromatic amines is 2. The quantitative estimate of drug-likeness (QED) is 0.286. The standard InChI is InChI=1S/C28H28N6O/c1-2-17-12-19(14-21(13-17)30-28(35)18-8-4-3-5-9-18)20-15-22-25(33-34-26(22)29-16-20)27-31-23-10-6-7-11-24(23)32-27/h6-7,10-16,18H,2-5,8-9H2,1H3,(H,30,35)(H,31,32)(H,29,33,34). The lowest BCUT2D eigenvalue weighted by Crippen LogP contribution is -2.24. The van der Waals surface area contributed by atoms with Gasteiger partial charge in [0.05, 0.1) is 16.4 Å². The van der Waals surface area contributed by atoms with Gasteiger partial charge in [-0.1, -0.05) is 44.4 Å². The maximum absolute atomic E-state index is 12.9. The molecule has 0 aliphatic heterocycles. The van der Waals surface area contributed by atoms with Crippen LogP contribution in [0.5, 0.6) is 0 Å². The molecular weight excluding hydrogens is 436 g/mol. The van der Waals surface area contributed by atoms with Gasteiger partial charge in [0.15, 0.2) is 11.5 Å². The molecule has 5 aromatic rings. The third-order valence-electron chi connectivity index (χ3n) is 7.01. The molecule has 1 fully saturated rings. The Bertz CT molecular complexity index is 1490. The second-order valence-corrected chi connectivity index (χ2v) is 9.39. The first-order valence-electron chi connectivity index (χ1n) is 12.4. The number of aromatic nitrogens is 5. The minimum Gasteiger partial charge on any atom is -0.337 e. The van der Waals surface area contributed by atoms with Gasteiger partial charge in [-0.15, -0.1) is 0 Å². The van der Waals surface area contributed by atoms with Gasteiger partial charge in [0.1, 0.15) is 5.69 Å². The van der Waals surface area contributed by atoms with Crippen LogP contribution < -0.4 is 5.32 Å². The Balaban J connectivity index is 1.36. The van der Waals surface area contributed by atoms with E-state index >= 15 is 0 Å². The molecule has 2 aromatic carbocycles. The lowest BCUT2D eigenvalue weighted by atomic mass is 9.88. The Hall–Kier alpha value is -4.00. The Morgan fingerprint density at radius 1 is 1.06 bits per heavy atom. The average molecular weight is 465 g/mol. The van der Waals surface area contributed by atoms with E-state index in [1.807, 2.05) is 36.5 Å². The number of nitrogens with zero attached hydrogens (tertiary/aromatic N) is 3. The zero-order valence-electron chi connectivity index (χ0n) is 19.8. The number of para-hydroxylation sites is 2. The zero-order chi connectivity index (χ0) is 23.8. The van der Waals surface area contributed by atoms with Crippen molar-refractivity contribution in [2.75, 3.05) is 5.32 Å². The van der Waals surface area contributed by atoms with Crippen LogP contribution >= 0.6 is 0 Å². The first kappa shape index (κ1) is 21.5. The van der Waals surface area contributed by atoms with Crippen LogP contribution in [0.25, 0.3) is 44.7 Å². The molecule has 1 aliphatic carbocycles. The van der Waals surface area contributed by atoms with Crippen molar-refractivity contribution < 1.29 is 4.79 Å². The molecule has 1 amide bonds. The van der Waals surface area contributed by atoms with Gasteiger partial charge >= 0.3 is 0 Å². The van der Waals surface area contributed by atoms with E-state index in [0.717, 1.165) is 76.9 Å². The van der Waals surface area contributed by atoms with Crippen molar-refractivity contribution in [2.24, 2.45) is 5.92 Å². The molecule has 6 rings (SSSR count). The van der Waals surface area contributed by atoms with Gasteiger partial charge in [-0.05, 0) is 60.7 Å². The van der Waals surface area contributed by atoms with E-state index in [1.165, 1.54) is 12.0 Å². The van der Waals surface area contributed by atoms with Crippen LogP contribution in [0.2, 0.25) is 0 Å². The highest BCUT2D eigenvalue weighted by molar-refractivity contribution is 5.95. The van der Waals surface area contributed by atoms with Crippen LogP contribution in [-0.2, 0) is 11.2 Å². The van der Waals surface area contributed by atoms with Crippen molar-refractivity contribution >= 4 is 33.7 Å². The van der Waals surface area contributed by atoms with E-state index in [0.29, 0.717) is 5.65 Å². The van der Waals surface area contributed by atoms with Crippen molar-refractivity contribution in [3.05, 3.63) is 60.3 Å². The second-order valence-electron chi connectivity index (χ2n) is 9.39. The molecule has 0 saturated heterocycles. The molecule has 0 radical (unpaired) electrons. The molecule has 0 bridgehead atoms. The van der Waals surface area contributed by atoms with Crippen LogP contribution in [0.4, 0.5) is 5.69 Å². The summed E-state index contributed by atoms with van der Waals surface area (Å²) in [5.74, 6) is 0.989. The second kappa shape index (κ2) is 8.98. The monoisotopic (exact) mass is 464 g/mol. The number of benzene rings is 2. The predicted octanol–water partition coefficient (Wildman–Crippen LogP) is 6.25. The minimum atomic E-state index is 0.118. The number of carbonyl (C=O) groups excluding carboxylic acids is 1. The summed E-state index contributed by atoms with van der Waals surface area (Å²) in [6.45, 7) is 2.13. The van der Waals surface area contributed by atoms with E-state index < -0.39 is 0 Å². The Morgan fingerprint density at radius 3 is 2.74 bits per heavy atom. The van der Waals surface area contributed by atoms with E-state index in [1.54, 1.807) is 0 Å². The Labute approximate surface area is 203 Å². The zero-order valence-corrected chi connectivity index (χ0v) is 19.8. The Morgan fingerprint density at radius 2 is 1.91 bits per heavy atom. The van der Waals surface area contributed by atoms with E-state index in [9.17, 15) is 4.79 Å². The van der Waals surface area contributed by atoms with Gasteiger partial charge in [-0.25, -0.2) is 9.97 Å². The summed E-state index contributed by atoms with van der Waals surface area (Å²) in [6.07, 6.45) is 8.21. The fraction of sp³-hybridized carbons (Fsp3) is 0.286. The van der Waals surface area contributed by atoms with Crippen molar-refractivity contribution in [3.8, 4) is 22.6 Å². The highest BCUT2D eigenvalue weighted by atomic mass is 16.1. The third kappa shape index (κ3) is 4.18. The fourth-order valence-electron chi connectivity index (χ4n) is 5.05. The highest BCUT2D eigenvalue weighted by Crippen LogP contribution is 2.32. The number of carbonyl (C=O) groups is 1. The molecule has 3 heterocycles. The molecule has 35 heavy (non-hydrogen) atoms. The number of hydrogen-bond donors (Lipinski definition) is 3. The van der Waals surface area contributed by atoms with Gasteiger partial charge < -0.3 is 10.3 Å². The first-order valence-corrected chi connectivity index (χ1v) is 12.4. The van der Waals surface area contributed by atoms with Gasteiger partial charge in [0.25, 0.3) is 0 Å². The number of anilines is 1. The van der Waals surface area contributed by atoms with Crippen LogP contribution in [-0.4, -0.2) is 31.1 Å². The summed E-state index contributed by atoms with van der Waals surface area (Å²) >= 11 is 0. The van der Waals surface area contributed by atoms with Crippen molar-refractivity contribution in [1.29, 1.82) is 0 Å². The number of rotatable bonds is 5. The topological polar surface area (TPSA) is 99.3 Å². The first-order chi connectivity index (χ1) is 17.2. The number of aryl methyl sites for hydroxylation is 1. The van der Waals surface area contributed by atoms with E-state index in [-0.39, 0.29) is 11.8 Å². The number of pyridine rings is 1. The summed E-state index contributed by atoms with van der Waals surface area (Å²) < 4.78 is 0. The molecule has 3 aromatic heterocycles. The molecule has 7 nitrogen and oxygen atoms in total. The molecule has 176 valence electrons. The largest absolute Gasteiger partial charge is 0.337 e. The normalized spacial score (nSPS) is 14.5. The molecule has 0 unspecified atom stereocenters. The molecule has 3 N–H and O–H groups in total. The summed E-state index contributed by atoms with van der Waals surface area (Å²) in [6, 6.07) is 16.3. The maximum atomic E-state index is 12.9. The highest BCUT2D eigenvalue weighted by Gasteiger charge is 2.21. The molecular formula is C28H28N6O. The average Bonchev–Trinajstić information content (AvgIpc) is 3.52. The molecule has 0 spiro atoms. The van der Waals surface area contributed by atoms with Crippen LogP contribution in [0.3, 0.4) is 0 Å². The van der Waals surface area contributed by atoms with Crippen molar-refractivity contribution in [1.82, 2.24) is 25.1 Å². The Kier molecular flexibility index (Phi) is 5.52. The van der Waals surface area contributed by atoms with Gasteiger partial charge in [0, 0.05) is 23.4 Å². The molecule has 7 heteroatoms. The number of amides is 1.